The summed E-state index contributed by atoms with van der Waals surface area (Å²) in [5.74, 6) is 0.295. The van der Waals surface area contributed by atoms with Crippen LogP contribution in [0.3, 0.4) is 0 Å². The van der Waals surface area contributed by atoms with Crippen molar-refractivity contribution >= 4 is 22.3 Å². The number of nitrogens with zero attached hydrogens (tertiary/aromatic N) is 2. The average molecular weight is 379 g/mol. The van der Waals surface area contributed by atoms with Crippen molar-refractivity contribution in [2.45, 2.75) is 51.6 Å². The summed E-state index contributed by atoms with van der Waals surface area (Å²) in [6.07, 6.45) is 7.11. The molecule has 3 unspecified atom stereocenters. The number of aliphatic hydroxyl groups is 1. The molecule has 3 atom stereocenters. The van der Waals surface area contributed by atoms with Crippen LogP contribution in [-0.4, -0.2) is 46.6 Å². The monoisotopic (exact) mass is 378 g/mol. The zero-order valence-electron chi connectivity index (χ0n) is 16.9. The van der Waals surface area contributed by atoms with Gasteiger partial charge in [-0.3, -0.25) is 9.69 Å². The van der Waals surface area contributed by atoms with Gasteiger partial charge in [-0.2, -0.15) is 0 Å². The Hall–Kier alpha value is -1.91. The maximum absolute atomic E-state index is 13.0. The van der Waals surface area contributed by atoms with Gasteiger partial charge in [0.25, 0.3) is 0 Å². The van der Waals surface area contributed by atoms with Crippen LogP contribution in [0.2, 0.25) is 0 Å². The molecular formula is C24H30N2O2. The smallest absolute Gasteiger partial charge is 0.141 e. The fourth-order valence-corrected chi connectivity index (χ4v) is 5.69. The highest BCUT2D eigenvalue weighted by Crippen LogP contribution is 2.45. The number of aliphatic hydroxyl groups excluding tert-OH is 1. The van der Waals surface area contributed by atoms with Gasteiger partial charge in [-0.1, -0.05) is 31.6 Å². The Kier molecular flexibility index (Phi) is 4.44. The molecule has 148 valence electrons. The van der Waals surface area contributed by atoms with Crippen molar-refractivity contribution in [3.63, 3.8) is 0 Å². The largest absolute Gasteiger partial charge is 0.396 e. The summed E-state index contributed by atoms with van der Waals surface area (Å²) in [5, 5.41) is 10.9. The summed E-state index contributed by atoms with van der Waals surface area (Å²) in [7, 11) is 2.17. The Morgan fingerprint density at radius 2 is 2.21 bits per heavy atom. The first-order valence-electron chi connectivity index (χ1n) is 10.8. The highest BCUT2D eigenvalue weighted by atomic mass is 16.3. The second kappa shape index (κ2) is 6.85. The van der Waals surface area contributed by atoms with E-state index in [-0.39, 0.29) is 24.2 Å². The van der Waals surface area contributed by atoms with Crippen molar-refractivity contribution in [1.82, 2.24) is 9.47 Å². The lowest BCUT2D eigenvalue weighted by Crippen LogP contribution is -2.44. The predicted molar refractivity (Wildman–Crippen MR) is 112 cm³/mol. The molecule has 28 heavy (non-hydrogen) atoms. The molecule has 3 aliphatic rings. The Bertz CT molecular complexity index is 967. The van der Waals surface area contributed by atoms with E-state index in [2.05, 4.69) is 40.8 Å². The number of carbonyl (C=O) groups is 1. The van der Waals surface area contributed by atoms with Gasteiger partial charge in [0.1, 0.15) is 5.78 Å². The molecule has 0 saturated carbocycles. The Labute approximate surface area is 166 Å². The number of likely N-dealkylation sites (N-methyl/N-ethyl adjacent to an activating group) is 1. The first-order valence-corrected chi connectivity index (χ1v) is 10.8. The molecule has 4 heteroatoms. The second-order valence-corrected chi connectivity index (χ2v) is 8.90. The van der Waals surface area contributed by atoms with E-state index in [4.69, 9.17) is 0 Å². The summed E-state index contributed by atoms with van der Waals surface area (Å²) in [6.45, 7) is 4.07. The van der Waals surface area contributed by atoms with Gasteiger partial charge < -0.3 is 9.67 Å². The molecule has 4 nitrogen and oxygen atoms in total. The SMILES string of the molecule is CCC(CO)CC(=O)C1C=C2c3cccc4c3c(c3n4CCC3)CC2N(C)C1. The van der Waals surface area contributed by atoms with Gasteiger partial charge in [0.05, 0.1) is 0 Å². The molecule has 0 spiro atoms. The van der Waals surface area contributed by atoms with Crippen LogP contribution in [0.25, 0.3) is 16.5 Å². The van der Waals surface area contributed by atoms with Gasteiger partial charge in [-0.15, -0.1) is 0 Å². The normalized spacial score (nSPS) is 24.8. The van der Waals surface area contributed by atoms with Crippen molar-refractivity contribution in [3.8, 4) is 0 Å². The molecule has 0 radical (unpaired) electrons. The molecule has 1 aliphatic carbocycles. The van der Waals surface area contributed by atoms with Crippen molar-refractivity contribution in [1.29, 1.82) is 0 Å². The zero-order valence-corrected chi connectivity index (χ0v) is 16.9. The van der Waals surface area contributed by atoms with Gasteiger partial charge in [-0.25, -0.2) is 0 Å². The quantitative estimate of drug-likeness (QED) is 0.867. The van der Waals surface area contributed by atoms with Crippen LogP contribution in [0.4, 0.5) is 0 Å². The summed E-state index contributed by atoms with van der Waals surface area (Å²) in [6, 6.07) is 7.07. The van der Waals surface area contributed by atoms with Gasteiger partial charge in [-0.05, 0) is 55.0 Å². The molecule has 0 fully saturated rings. The number of rotatable bonds is 5. The van der Waals surface area contributed by atoms with Crippen molar-refractivity contribution < 1.29 is 9.90 Å². The second-order valence-electron chi connectivity index (χ2n) is 8.90. The van der Waals surface area contributed by atoms with Crippen LogP contribution in [0.1, 0.15) is 43.0 Å². The number of benzene rings is 1. The van der Waals surface area contributed by atoms with Crippen LogP contribution >= 0.6 is 0 Å². The number of aromatic nitrogens is 1. The summed E-state index contributed by atoms with van der Waals surface area (Å²) < 4.78 is 2.53. The summed E-state index contributed by atoms with van der Waals surface area (Å²) in [4.78, 5) is 15.3. The van der Waals surface area contributed by atoms with Crippen LogP contribution in [-0.2, 0) is 24.2 Å². The Morgan fingerprint density at radius 3 is 3.00 bits per heavy atom. The van der Waals surface area contributed by atoms with E-state index in [0.29, 0.717) is 12.5 Å². The maximum atomic E-state index is 13.0. The van der Waals surface area contributed by atoms with Crippen LogP contribution in [0, 0.1) is 11.8 Å². The highest BCUT2D eigenvalue weighted by molar-refractivity contribution is 6.00. The lowest BCUT2D eigenvalue weighted by atomic mass is 9.77. The predicted octanol–water partition coefficient (Wildman–Crippen LogP) is 3.43. The maximum Gasteiger partial charge on any atom is 0.141 e. The van der Waals surface area contributed by atoms with E-state index in [1.807, 2.05) is 6.92 Å². The summed E-state index contributed by atoms with van der Waals surface area (Å²) in [5.41, 5.74) is 7.15. The first kappa shape index (κ1) is 18.1. The average Bonchev–Trinajstić information content (AvgIpc) is 3.30. The fourth-order valence-electron chi connectivity index (χ4n) is 5.69. The van der Waals surface area contributed by atoms with Gasteiger partial charge >= 0.3 is 0 Å². The van der Waals surface area contributed by atoms with E-state index in [9.17, 15) is 9.90 Å². The lowest BCUT2D eigenvalue weighted by Gasteiger charge is -2.40. The minimum Gasteiger partial charge on any atom is -0.396 e. The van der Waals surface area contributed by atoms with Crippen molar-refractivity contribution in [2.24, 2.45) is 11.8 Å². The minimum atomic E-state index is -0.0666. The van der Waals surface area contributed by atoms with E-state index >= 15 is 0 Å². The number of carbonyl (C=O) groups excluding carboxylic acids is 1. The third kappa shape index (κ3) is 2.61. The molecule has 3 heterocycles. The molecule has 2 aliphatic heterocycles. The van der Waals surface area contributed by atoms with Crippen LogP contribution in [0.5, 0.6) is 0 Å². The number of hydrogen-bond donors (Lipinski definition) is 1. The van der Waals surface area contributed by atoms with Gasteiger partial charge in [0.2, 0.25) is 0 Å². The van der Waals surface area contributed by atoms with Crippen LogP contribution in [0.15, 0.2) is 24.3 Å². The number of fused-ring (bicyclic) bond motifs is 5. The topological polar surface area (TPSA) is 45.5 Å². The third-order valence-corrected chi connectivity index (χ3v) is 7.31. The number of aryl methyl sites for hydroxylation is 1. The summed E-state index contributed by atoms with van der Waals surface area (Å²) >= 11 is 0. The van der Waals surface area contributed by atoms with E-state index in [0.717, 1.165) is 25.9 Å². The molecule has 1 aromatic heterocycles. The Balaban J connectivity index is 1.57. The molecule has 0 bridgehead atoms. The lowest BCUT2D eigenvalue weighted by molar-refractivity contribution is -0.123. The third-order valence-electron chi connectivity index (χ3n) is 7.31. The molecule has 1 aromatic carbocycles. The van der Waals surface area contributed by atoms with Gasteiger partial charge in [0, 0.05) is 54.7 Å². The minimum absolute atomic E-state index is 0.0666. The molecule has 2 aromatic rings. The molecular weight excluding hydrogens is 348 g/mol. The van der Waals surface area contributed by atoms with Crippen molar-refractivity contribution in [2.75, 3.05) is 20.2 Å². The van der Waals surface area contributed by atoms with Crippen molar-refractivity contribution in [3.05, 3.63) is 41.1 Å². The van der Waals surface area contributed by atoms with E-state index in [1.165, 1.54) is 34.9 Å². The standard InChI is InChI=1S/C24H30N2O2/c1-3-15(14-27)10-23(28)16-11-18-17-6-4-7-21-24(17)19(12-22(18)25(2)13-16)20-8-5-9-26(20)21/h4,6-7,11,15-16,22,27H,3,5,8-10,12-14H2,1-2H3. The number of Topliss-reactive ketones (excluding diaryl/α,β-unsaturated/α-hetero) is 1. The number of hydrogen-bond acceptors (Lipinski definition) is 3. The zero-order chi connectivity index (χ0) is 19.4. The molecule has 0 amide bonds. The Morgan fingerprint density at radius 1 is 1.36 bits per heavy atom. The fraction of sp³-hybridized carbons (Fsp3) is 0.542. The van der Waals surface area contributed by atoms with Gasteiger partial charge in [0.15, 0.2) is 0 Å². The van der Waals surface area contributed by atoms with E-state index in [1.54, 1.807) is 11.3 Å². The van der Waals surface area contributed by atoms with E-state index < -0.39 is 0 Å². The first-order chi connectivity index (χ1) is 13.6. The molecule has 5 rings (SSSR count). The van der Waals surface area contributed by atoms with Crippen LogP contribution < -0.4 is 0 Å². The number of ketones is 1. The highest BCUT2D eigenvalue weighted by Gasteiger charge is 2.38. The molecule has 1 N–H and O–H groups in total. The molecule has 0 saturated heterocycles.